The second-order valence-electron chi connectivity index (χ2n) is 4.28. The zero-order chi connectivity index (χ0) is 12.9. The van der Waals surface area contributed by atoms with Crippen molar-refractivity contribution in [3.05, 3.63) is 37.4 Å². The lowest BCUT2D eigenvalue weighted by atomic mass is 10.1. The fraction of sp³-hybridized carbons (Fsp3) is 0.400. The highest BCUT2D eigenvalue weighted by Crippen LogP contribution is 2.07. The Morgan fingerprint density at radius 2 is 1.79 bits per heavy atom. The van der Waals surface area contributed by atoms with E-state index in [4.69, 9.17) is 0 Å². The topological polar surface area (TPSA) is 92.1 Å². The lowest BCUT2D eigenvalue weighted by molar-refractivity contribution is 0.307. The average molecular weight is 259 g/mol. The molecule has 19 heavy (non-hydrogen) atoms. The quantitative estimate of drug-likeness (QED) is 0.591. The molecule has 0 saturated heterocycles. The molecule has 3 rings (SSSR count). The van der Waals surface area contributed by atoms with E-state index >= 15 is 0 Å². The lowest BCUT2D eigenvalue weighted by Gasteiger charge is -2.16. The van der Waals surface area contributed by atoms with Gasteiger partial charge in [0.25, 0.3) is 0 Å². The van der Waals surface area contributed by atoms with Gasteiger partial charge >= 0.3 is 0 Å². The summed E-state index contributed by atoms with van der Waals surface area (Å²) >= 11 is 0. The van der Waals surface area contributed by atoms with E-state index in [1.807, 2.05) is 21.6 Å². The summed E-state index contributed by atoms with van der Waals surface area (Å²) in [5.74, 6) is 0.291. The van der Waals surface area contributed by atoms with Crippen LogP contribution in [0.3, 0.4) is 0 Å². The fourth-order valence-electron chi connectivity index (χ4n) is 1.99. The maximum atomic E-state index is 4.05. The van der Waals surface area contributed by atoms with Crippen molar-refractivity contribution < 1.29 is 0 Å². The molecule has 98 valence electrons. The van der Waals surface area contributed by atoms with E-state index in [9.17, 15) is 0 Å². The highest BCUT2D eigenvalue weighted by Gasteiger charge is 2.13. The number of tetrazole rings is 1. The van der Waals surface area contributed by atoms with E-state index in [1.165, 1.54) is 0 Å². The van der Waals surface area contributed by atoms with Gasteiger partial charge in [-0.15, -0.1) is 10.2 Å². The van der Waals surface area contributed by atoms with Crippen LogP contribution in [-0.4, -0.2) is 44.8 Å². The van der Waals surface area contributed by atoms with E-state index in [0.717, 1.165) is 13.1 Å². The van der Waals surface area contributed by atoms with Crippen molar-refractivity contribution in [3.63, 3.8) is 0 Å². The van der Waals surface area contributed by atoms with Gasteiger partial charge in [0.1, 0.15) is 6.33 Å². The minimum Gasteiger partial charge on any atom is -0.337 e. The van der Waals surface area contributed by atoms with Crippen molar-refractivity contribution in [1.82, 2.24) is 44.8 Å². The Kier molecular flexibility index (Phi) is 3.26. The molecule has 0 aromatic carbocycles. The molecule has 0 amide bonds. The standard InChI is InChI=1S/C10H13N9/c1-3-17(8-11-1)5-10(6-18-4-2-12-15-18)7-19-9-13-14-16-19/h1-4,8-10H,5-7H2. The fourth-order valence-corrected chi connectivity index (χ4v) is 1.99. The van der Waals surface area contributed by atoms with Crippen molar-refractivity contribution in [1.29, 1.82) is 0 Å². The van der Waals surface area contributed by atoms with Crippen molar-refractivity contribution >= 4 is 0 Å². The van der Waals surface area contributed by atoms with Gasteiger partial charge in [-0.05, 0) is 10.4 Å². The van der Waals surface area contributed by atoms with Crippen LogP contribution in [0.5, 0.6) is 0 Å². The van der Waals surface area contributed by atoms with Gasteiger partial charge in [0.15, 0.2) is 0 Å². The van der Waals surface area contributed by atoms with Crippen LogP contribution in [0.1, 0.15) is 0 Å². The molecule has 0 aliphatic heterocycles. The summed E-state index contributed by atoms with van der Waals surface area (Å²) in [5, 5.41) is 19.0. The number of nitrogens with zero attached hydrogens (tertiary/aromatic N) is 9. The second-order valence-corrected chi connectivity index (χ2v) is 4.28. The van der Waals surface area contributed by atoms with Crippen molar-refractivity contribution in [2.75, 3.05) is 0 Å². The summed E-state index contributed by atoms with van der Waals surface area (Å²) in [6.07, 6.45) is 10.6. The molecular formula is C10H13N9. The van der Waals surface area contributed by atoms with Gasteiger partial charge in [-0.2, -0.15) is 0 Å². The number of hydrogen-bond donors (Lipinski definition) is 0. The van der Waals surface area contributed by atoms with Gasteiger partial charge in [0.2, 0.25) is 0 Å². The summed E-state index contributed by atoms with van der Waals surface area (Å²) in [4.78, 5) is 4.05. The number of imidazole rings is 1. The highest BCUT2D eigenvalue weighted by molar-refractivity contribution is 4.76. The molecule has 3 aromatic heterocycles. The first-order valence-electron chi connectivity index (χ1n) is 5.91. The van der Waals surface area contributed by atoms with Crippen LogP contribution in [0.25, 0.3) is 0 Å². The van der Waals surface area contributed by atoms with Gasteiger partial charge in [-0.25, -0.2) is 9.67 Å². The normalized spacial score (nSPS) is 12.6. The molecule has 3 heterocycles. The SMILES string of the molecule is c1cn(CC(Cn2ccnn2)Cn2cnnn2)cn1. The number of aromatic nitrogens is 9. The van der Waals surface area contributed by atoms with Crippen LogP contribution in [0.4, 0.5) is 0 Å². The summed E-state index contributed by atoms with van der Waals surface area (Å²) in [6, 6.07) is 0. The zero-order valence-corrected chi connectivity index (χ0v) is 10.2. The minimum absolute atomic E-state index is 0.291. The first kappa shape index (κ1) is 11.5. The Bertz CT molecular complexity index is 482. The summed E-state index contributed by atoms with van der Waals surface area (Å²) in [5.41, 5.74) is 0. The molecule has 0 aliphatic carbocycles. The summed E-state index contributed by atoms with van der Waals surface area (Å²) in [7, 11) is 0. The molecule has 0 bridgehead atoms. The van der Waals surface area contributed by atoms with Crippen LogP contribution in [-0.2, 0) is 19.6 Å². The molecule has 9 nitrogen and oxygen atoms in total. The summed E-state index contributed by atoms with van der Waals surface area (Å²) < 4.78 is 5.57. The first-order valence-corrected chi connectivity index (χ1v) is 5.91. The predicted molar refractivity (Wildman–Crippen MR) is 63.6 cm³/mol. The van der Waals surface area contributed by atoms with Crippen LogP contribution in [0.15, 0.2) is 37.4 Å². The van der Waals surface area contributed by atoms with Gasteiger partial charge in [0.05, 0.1) is 19.1 Å². The Morgan fingerprint density at radius 1 is 0.842 bits per heavy atom. The number of hydrogen-bond acceptors (Lipinski definition) is 6. The summed E-state index contributed by atoms with van der Waals surface area (Å²) in [6.45, 7) is 2.28. The van der Waals surface area contributed by atoms with Crippen LogP contribution in [0.2, 0.25) is 0 Å². The second kappa shape index (κ2) is 5.38. The molecule has 1 atom stereocenters. The monoisotopic (exact) mass is 259 g/mol. The molecule has 0 aliphatic rings. The van der Waals surface area contributed by atoms with Crippen LogP contribution < -0.4 is 0 Å². The van der Waals surface area contributed by atoms with E-state index in [1.54, 1.807) is 29.7 Å². The Balaban J connectivity index is 1.70. The molecule has 0 saturated carbocycles. The van der Waals surface area contributed by atoms with Gasteiger partial charge in [0, 0.05) is 37.6 Å². The Hall–Kier alpha value is -2.58. The Labute approximate surface area is 108 Å². The maximum absolute atomic E-state index is 4.05. The zero-order valence-electron chi connectivity index (χ0n) is 10.2. The third-order valence-electron chi connectivity index (χ3n) is 2.78. The van der Waals surface area contributed by atoms with Crippen LogP contribution >= 0.6 is 0 Å². The lowest BCUT2D eigenvalue weighted by Crippen LogP contribution is -2.22. The van der Waals surface area contributed by atoms with E-state index in [0.29, 0.717) is 12.5 Å². The van der Waals surface area contributed by atoms with Crippen molar-refractivity contribution in [2.45, 2.75) is 19.6 Å². The van der Waals surface area contributed by atoms with Gasteiger partial charge in [-0.1, -0.05) is 5.21 Å². The van der Waals surface area contributed by atoms with E-state index in [-0.39, 0.29) is 0 Å². The molecule has 0 fully saturated rings. The maximum Gasteiger partial charge on any atom is 0.138 e. The molecule has 9 heteroatoms. The first-order chi connectivity index (χ1) is 9.40. The van der Waals surface area contributed by atoms with Crippen LogP contribution in [0, 0.1) is 5.92 Å². The Morgan fingerprint density at radius 3 is 2.47 bits per heavy atom. The van der Waals surface area contributed by atoms with E-state index < -0.39 is 0 Å². The third kappa shape index (κ3) is 3.00. The van der Waals surface area contributed by atoms with Crippen molar-refractivity contribution in [2.24, 2.45) is 5.92 Å². The predicted octanol–water partition coefficient (Wildman–Crippen LogP) is -0.522. The molecule has 0 spiro atoms. The molecule has 0 N–H and O–H groups in total. The number of rotatable bonds is 6. The molecular weight excluding hydrogens is 246 g/mol. The molecule has 0 radical (unpaired) electrons. The largest absolute Gasteiger partial charge is 0.337 e. The molecule has 1 unspecified atom stereocenters. The van der Waals surface area contributed by atoms with Gasteiger partial charge < -0.3 is 4.57 Å². The third-order valence-corrected chi connectivity index (χ3v) is 2.78. The van der Waals surface area contributed by atoms with Gasteiger partial charge in [-0.3, -0.25) is 4.68 Å². The van der Waals surface area contributed by atoms with Crippen molar-refractivity contribution in [3.8, 4) is 0 Å². The molecule has 3 aromatic rings. The highest BCUT2D eigenvalue weighted by atomic mass is 15.5. The van der Waals surface area contributed by atoms with E-state index in [2.05, 4.69) is 30.8 Å². The minimum atomic E-state index is 0.291. The average Bonchev–Trinajstić information content (AvgIpc) is 3.10. The smallest absolute Gasteiger partial charge is 0.138 e.